The van der Waals surface area contributed by atoms with E-state index >= 15 is 0 Å². The van der Waals surface area contributed by atoms with Gasteiger partial charge < -0.3 is 10.1 Å². The van der Waals surface area contributed by atoms with Gasteiger partial charge in [0.1, 0.15) is 24.0 Å². The van der Waals surface area contributed by atoms with Gasteiger partial charge in [-0.3, -0.25) is 0 Å². The third-order valence-corrected chi connectivity index (χ3v) is 3.50. The predicted octanol–water partition coefficient (Wildman–Crippen LogP) is 4.48. The van der Waals surface area contributed by atoms with Crippen molar-refractivity contribution in [3.63, 3.8) is 0 Å². The highest BCUT2D eigenvalue weighted by Gasteiger charge is 2.12. The summed E-state index contributed by atoms with van der Waals surface area (Å²) in [6.07, 6.45) is 0. The minimum Gasteiger partial charge on any atom is -0.488 e. The third-order valence-electron chi connectivity index (χ3n) is 3.27. The van der Waals surface area contributed by atoms with Gasteiger partial charge in [0.05, 0.1) is 0 Å². The lowest BCUT2D eigenvalue weighted by molar-refractivity contribution is 0.294. The van der Waals surface area contributed by atoms with Crippen LogP contribution < -0.4 is 10.1 Å². The Bertz CT molecular complexity index is 634. The predicted molar refractivity (Wildman–Crippen MR) is 79.6 cm³/mol. The van der Waals surface area contributed by atoms with E-state index in [1.54, 1.807) is 18.2 Å². The summed E-state index contributed by atoms with van der Waals surface area (Å²) in [5.41, 5.74) is 1.18. The third kappa shape index (κ3) is 3.93. The molecular formula is C16H16ClF2NO. The fourth-order valence-corrected chi connectivity index (χ4v) is 2.12. The molecule has 112 valence electrons. The number of hydrogen-bond donors (Lipinski definition) is 1. The monoisotopic (exact) mass is 311 g/mol. The summed E-state index contributed by atoms with van der Waals surface area (Å²) in [6, 6.07) is 8.73. The van der Waals surface area contributed by atoms with Crippen LogP contribution in [0.3, 0.4) is 0 Å². The van der Waals surface area contributed by atoms with Crippen LogP contribution in [0, 0.1) is 11.6 Å². The quantitative estimate of drug-likeness (QED) is 0.879. The lowest BCUT2D eigenvalue weighted by Gasteiger charge is -2.17. The largest absolute Gasteiger partial charge is 0.488 e. The second kappa shape index (κ2) is 6.87. The van der Waals surface area contributed by atoms with Crippen LogP contribution in [0.4, 0.5) is 8.78 Å². The second-order valence-electron chi connectivity index (χ2n) is 4.72. The molecule has 0 aliphatic heterocycles. The molecule has 2 rings (SSSR count). The Kier molecular flexibility index (Phi) is 5.15. The first-order valence-electron chi connectivity index (χ1n) is 6.54. The van der Waals surface area contributed by atoms with Crippen molar-refractivity contribution in [1.82, 2.24) is 5.32 Å². The van der Waals surface area contributed by atoms with E-state index in [-0.39, 0.29) is 12.6 Å². The molecule has 0 bridgehead atoms. The van der Waals surface area contributed by atoms with E-state index in [4.69, 9.17) is 16.3 Å². The Labute approximate surface area is 127 Å². The van der Waals surface area contributed by atoms with Crippen molar-refractivity contribution in [3.8, 4) is 5.75 Å². The smallest absolute Gasteiger partial charge is 0.132 e. The maximum absolute atomic E-state index is 13.6. The molecule has 0 saturated carbocycles. The molecule has 0 radical (unpaired) electrons. The maximum atomic E-state index is 13.6. The normalized spacial score (nSPS) is 12.2. The van der Waals surface area contributed by atoms with Crippen LogP contribution in [0.5, 0.6) is 5.75 Å². The summed E-state index contributed by atoms with van der Waals surface area (Å²) >= 11 is 5.99. The van der Waals surface area contributed by atoms with Gasteiger partial charge in [0.2, 0.25) is 0 Å². The van der Waals surface area contributed by atoms with Crippen LogP contribution in [0.15, 0.2) is 36.4 Å². The second-order valence-corrected chi connectivity index (χ2v) is 5.15. The van der Waals surface area contributed by atoms with Gasteiger partial charge in [0.25, 0.3) is 0 Å². The topological polar surface area (TPSA) is 21.3 Å². The summed E-state index contributed by atoms with van der Waals surface area (Å²) in [6.45, 7) is 1.99. The number of ether oxygens (including phenoxy) is 1. The molecule has 1 unspecified atom stereocenters. The summed E-state index contributed by atoms with van der Waals surface area (Å²) in [5.74, 6) is -0.607. The minimum absolute atomic E-state index is 0.0250. The van der Waals surface area contributed by atoms with Gasteiger partial charge >= 0.3 is 0 Å². The number of hydrogen-bond acceptors (Lipinski definition) is 2. The number of rotatable bonds is 5. The molecule has 1 N–H and O–H groups in total. The number of nitrogens with one attached hydrogen (secondary N) is 1. The van der Waals surface area contributed by atoms with Crippen LogP contribution in [-0.2, 0) is 6.61 Å². The Hall–Kier alpha value is -1.65. The minimum atomic E-state index is -0.618. The number of benzene rings is 2. The molecule has 0 heterocycles. The van der Waals surface area contributed by atoms with E-state index in [1.165, 1.54) is 12.1 Å². The highest BCUT2D eigenvalue weighted by Crippen LogP contribution is 2.29. The summed E-state index contributed by atoms with van der Waals surface area (Å²) in [7, 11) is 1.83. The van der Waals surface area contributed by atoms with E-state index < -0.39 is 11.6 Å². The lowest BCUT2D eigenvalue weighted by Crippen LogP contribution is -2.14. The van der Waals surface area contributed by atoms with E-state index in [1.807, 2.05) is 14.0 Å². The van der Waals surface area contributed by atoms with Gasteiger partial charge in [-0.15, -0.1) is 0 Å². The molecule has 21 heavy (non-hydrogen) atoms. The Balaban J connectivity index is 2.19. The average Bonchev–Trinajstić information content (AvgIpc) is 2.46. The zero-order valence-corrected chi connectivity index (χ0v) is 12.5. The lowest BCUT2D eigenvalue weighted by atomic mass is 10.1. The zero-order chi connectivity index (χ0) is 15.4. The van der Waals surface area contributed by atoms with Gasteiger partial charge in [0.15, 0.2) is 0 Å². The van der Waals surface area contributed by atoms with Crippen molar-refractivity contribution in [3.05, 3.63) is 64.2 Å². The highest BCUT2D eigenvalue weighted by atomic mass is 35.5. The molecular weight excluding hydrogens is 296 g/mol. The first-order chi connectivity index (χ1) is 10.0. The van der Waals surface area contributed by atoms with Crippen molar-refractivity contribution in [2.75, 3.05) is 7.05 Å². The van der Waals surface area contributed by atoms with E-state index in [0.717, 1.165) is 11.6 Å². The first kappa shape index (κ1) is 15.7. The van der Waals surface area contributed by atoms with Gasteiger partial charge in [-0.25, -0.2) is 8.78 Å². The number of halogens is 3. The molecule has 2 aromatic carbocycles. The van der Waals surface area contributed by atoms with Crippen molar-refractivity contribution in [2.45, 2.75) is 19.6 Å². The van der Waals surface area contributed by atoms with E-state index in [9.17, 15) is 8.78 Å². The van der Waals surface area contributed by atoms with Gasteiger partial charge in [-0.2, -0.15) is 0 Å². The standard InChI is InChI=1S/C16H16ClF2NO/c1-10(20-2)14-7-12(17)4-6-16(14)21-9-11-3-5-13(18)8-15(11)19/h3-8,10,20H,9H2,1-2H3. The van der Waals surface area contributed by atoms with Crippen LogP contribution >= 0.6 is 11.6 Å². The molecule has 0 spiro atoms. The van der Waals surface area contributed by atoms with Crippen LogP contribution in [0.1, 0.15) is 24.1 Å². The molecule has 0 aliphatic carbocycles. The van der Waals surface area contributed by atoms with Gasteiger partial charge in [0, 0.05) is 28.3 Å². The molecule has 0 fully saturated rings. The molecule has 0 saturated heterocycles. The molecule has 2 aromatic rings. The molecule has 2 nitrogen and oxygen atoms in total. The fourth-order valence-electron chi connectivity index (χ4n) is 1.94. The molecule has 0 aliphatic rings. The summed E-state index contributed by atoms with van der Waals surface area (Å²) < 4.78 is 32.1. The van der Waals surface area contributed by atoms with Crippen molar-refractivity contribution in [2.24, 2.45) is 0 Å². The van der Waals surface area contributed by atoms with Gasteiger partial charge in [-0.05, 0) is 44.3 Å². The van der Waals surface area contributed by atoms with E-state index in [2.05, 4.69) is 5.32 Å². The fraction of sp³-hybridized carbons (Fsp3) is 0.250. The van der Waals surface area contributed by atoms with E-state index in [0.29, 0.717) is 16.3 Å². The molecule has 0 amide bonds. The summed E-state index contributed by atoms with van der Waals surface area (Å²) in [4.78, 5) is 0. The zero-order valence-electron chi connectivity index (χ0n) is 11.8. The van der Waals surface area contributed by atoms with Crippen LogP contribution in [-0.4, -0.2) is 7.05 Å². The highest BCUT2D eigenvalue weighted by molar-refractivity contribution is 6.30. The van der Waals surface area contributed by atoms with Crippen molar-refractivity contribution < 1.29 is 13.5 Å². The van der Waals surface area contributed by atoms with Crippen LogP contribution in [0.2, 0.25) is 5.02 Å². The van der Waals surface area contributed by atoms with Gasteiger partial charge in [-0.1, -0.05) is 11.6 Å². The van der Waals surface area contributed by atoms with Crippen molar-refractivity contribution >= 4 is 11.6 Å². The molecule has 1 atom stereocenters. The molecule has 5 heteroatoms. The Morgan fingerprint density at radius 1 is 1.19 bits per heavy atom. The van der Waals surface area contributed by atoms with Crippen molar-refractivity contribution in [1.29, 1.82) is 0 Å². The molecule has 0 aromatic heterocycles. The summed E-state index contributed by atoms with van der Waals surface area (Å²) in [5, 5.41) is 3.71. The first-order valence-corrected chi connectivity index (χ1v) is 6.92. The SMILES string of the molecule is CNC(C)c1cc(Cl)ccc1OCc1ccc(F)cc1F. The maximum Gasteiger partial charge on any atom is 0.132 e. The average molecular weight is 312 g/mol. The Morgan fingerprint density at radius 3 is 2.62 bits per heavy atom. The Morgan fingerprint density at radius 2 is 1.95 bits per heavy atom. The van der Waals surface area contributed by atoms with Crippen LogP contribution in [0.25, 0.3) is 0 Å².